The molecule has 312 valence electrons. The van der Waals surface area contributed by atoms with Crippen molar-refractivity contribution in [3.8, 4) is 28.1 Å². The maximum Gasteiger partial charge on any atom is 0.137 e. The van der Waals surface area contributed by atoms with E-state index < -0.39 is 0 Å². The quantitative estimate of drug-likeness (QED) is 0.145. The lowest BCUT2D eigenvalue weighted by Crippen LogP contribution is -2.23. The van der Waals surface area contributed by atoms with Gasteiger partial charge in [-0.3, -0.25) is 14.5 Å². The van der Waals surface area contributed by atoms with Crippen molar-refractivity contribution >= 4 is 55.7 Å². The second-order valence-corrected chi connectivity index (χ2v) is 16.5. The number of nitrogens with zero attached hydrogens (tertiary/aromatic N) is 6. The first-order valence-electron chi connectivity index (χ1n) is 22.3. The van der Waals surface area contributed by atoms with E-state index in [2.05, 4.69) is 227 Å². The Morgan fingerprint density at radius 1 is 0.348 bits per heavy atom. The van der Waals surface area contributed by atoms with Crippen LogP contribution in [0.5, 0.6) is 0 Å². The molecule has 11 aromatic rings. The third kappa shape index (κ3) is 6.98. The predicted molar refractivity (Wildman–Crippen MR) is 271 cm³/mol. The number of rotatable bonds is 9. The molecule has 0 spiro atoms. The summed E-state index contributed by atoms with van der Waals surface area (Å²) >= 11 is 0. The van der Waals surface area contributed by atoms with Crippen LogP contribution in [0.15, 0.2) is 243 Å². The topological polar surface area (TPSA) is 50.1 Å². The summed E-state index contributed by atoms with van der Waals surface area (Å²) in [6.45, 7) is 0.663. The number of pyridine rings is 3. The van der Waals surface area contributed by atoms with Gasteiger partial charge in [-0.1, -0.05) is 140 Å². The van der Waals surface area contributed by atoms with Crippen molar-refractivity contribution in [1.29, 1.82) is 0 Å². The molecular formula is C60H42N6. The Bertz CT molecular complexity index is 3480. The van der Waals surface area contributed by atoms with Gasteiger partial charge in [0.25, 0.3) is 0 Å². The van der Waals surface area contributed by atoms with Crippen LogP contribution in [0, 0.1) is 0 Å². The van der Waals surface area contributed by atoms with E-state index in [9.17, 15) is 0 Å². The number of hydrogen-bond donors (Lipinski definition) is 0. The summed E-state index contributed by atoms with van der Waals surface area (Å²) in [5.74, 6) is 0.860. The molecule has 0 saturated heterocycles. The van der Waals surface area contributed by atoms with Gasteiger partial charge in [-0.2, -0.15) is 0 Å². The smallest absolute Gasteiger partial charge is 0.137 e. The second-order valence-electron chi connectivity index (χ2n) is 16.5. The maximum absolute atomic E-state index is 5.22. The van der Waals surface area contributed by atoms with Crippen LogP contribution in [0.2, 0.25) is 0 Å². The summed E-state index contributed by atoms with van der Waals surface area (Å²) in [6, 6.07) is 79.5. The van der Waals surface area contributed by atoms with Crippen LogP contribution in [-0.2, 0) is 0 Å². The lowest BCUT2D eigenvalue weighted by molar-refractivity contribution is 0.991. The van der Waals surface area contributed by atoms with Crippen molar-refractivity contribution in [2.45, 2.75) is 0 Å². The lowest BCUT2D eigenvalue weighted by Gasteiger charge is -2.23. The van der Waals surface area contributed by atoms with Gasteiger partial charge >= 0.3 is 0 Å². The molecule has 0 saturated carbocycles. The van der Waals surface area contributed by atoms with Crippen molar-refractivity contribution in [3.05, 3.63) is 266 Å². The normalized spacial score (nSPS) is 12.1. The van der Waals surface area contributed by atoms with E-state index >= 15 is 0 Å². The monoisotopic (exact) mass is 846 g/mol. The standard InChI is InChI=1S/C60H42N6/c1-4-17-42(18-5-1)44-32-35-61-52(38-44)60(53-39-45(33-36-62-53)43-19-6-2-7-20-43)59(47-30-31-51-50-25-10-11-26-54(50)66(57(51)40-47)58-29-14-15-34-63-58)46-21-16-24-49(37-46)65-41-64(48-22-8-3-9-23-48)55-27-12-13-28-56(55)65/h1-40H,41H2. The van der Waals surface area contributed by atoms with E-state index in [0.29, 0.717) is 6.67 Å². The van der Waals surface area contributed by atoms with E-state index in [0.717, 1.165) is 95.2 Å². The first-order chi connectivity index (χ1) is 32.7. The van der Waals surface area contributed by atoms with E-state index in [1.54, 1.807) is 0 Å². The van der Waals surface area contributed by atoms with E-state index in [1.807, 2.05) is 30.7 Å². The zero-order valence-electron chi connectivity index (χ0n) is 36.0. The fourth-order valence-corrected chi connectivity index (χ4v) is 9.55. The van der Waals surface area contributed by atoms with Crippen molar-refractivity contribution in [1.82, 2.24) is 19.5 Å². The SMILES string of the molecule is c1ccc(-c2ccnc(C(=C(c3cccc(N4CN(c5ccccc5)c5ccccc54)c3)c3ccc4c5ccccc5n(-c5ccccn5)c4c3)c3cc(-c4ccccc4)ccn3)c2)cc1. The van der Waals surface area contributed by atoms with E-state index in [-0.39, 0.29) is 0 Å². The average molecular weight is 847 g/mol. The highest BCUT2D eigenvalue weighted by Crippen LogP contribution is 2.46. The molecule has 0 atom stereocenters. The maximum atomic E-state index is 5.22. The Morgan fingerprint density at radius 2 is 0.909 bits per heavy atom. The van der Waals surface area contributed by atoms with Crippen LogP contribution in [0.1, 0.15) is 22.5 Å². The molecule has 0 unspecified atom stereocenters. The van der Waals surface area contributed by atoms with Crippen LogP contribution < -0.4 is 9.80 Å². The molecule has 0 aliphatic carbocycles. The summed E-state index contributed by atoms with van der Waals surface area (Å²) in [5, 5.41) is 2.32. The largest absolute Gasteiger partial charge is 0.321 e. The third-order valence-corrected chi connectivity index (χ3v) is 12.6. The molecular weight excluding hydrogens is 805 g/mol. The van der Waals surface area contributed by atoms with Gasteiger partial charge in [0.15, 0.2) is 0 Å². The fraction of sp³-hybridized carbons (Fsp3) is 0.0167. The summed E-state index contributed by atoms with van der Waals surface area (Å²) in [4.78, 5) is 20.1. The number of para-hydroxylation sites is 4. The number of benzene rings is 7. The third-order valence-electron chi connectivity index (χ3n) is 12.6. The van der Waals surface area contributed by atoms with Gasteiger partial charge in [-0.25, -0.2) is 4.98 Å². The molecule has 1 aliphatic rings. The van der Waals surface area contributed by atoms with Crippen LogP contribution in [-0.4, -0.2) is 26.2 Å². The highest BCUT2D eigenvalue weighted by molar-refractivity contribution is 6.12. The van der Waals surface area contributed by atoms with Gasteiger partial charge in [-0.05, 0) is 118 Å². The summed E-state index contributed by atoms with van der Waals surface area (Å²) in [6.07, 6.45) is 5.71. The second kappa shape index (κ2) is 16.7. The minimum absolute atomic E-state index is 0.663. The number of aromatic nitrogens is 4. The van der Waals surface area contributed by atoms with Crippen molar-refractivity contribution < 1.29 is 0 Å². The van der Waals surface area contributed by atoms with Gasteiger partial charge in [0.2, 0.25) is 0 Å². The molecule has 5 heterocycles. The number of hydrogen-bond acceptors (Lipinski definition) is 5. The van der Waals surface area contributed by atoms with E-state index in [4.69, 9.17) is 15.0 Å². The zero-order chi connectivity index (χ0) is 43.8. The molecule has 0 radical (unpaired) electrons. The van der Waals surface area contributed by atoms with E-state index in [1.165, 1.54) is 11.1 Å². The van der Waals surface area contributed by atoms with Gasteiger partial charge in [0.05, 0.1) is 33.8 Å². The summed E-state index contributed by atoms with van der Waals surface area (Å²) in [5.41, 5.74) is 16.7. The fourth-order valence-electron chi connectivity index (χ4n) is 9.55. The van der Waals surface area contributed by atoms with Crippen molar-refractivity contribution in [2.24, 2.45) is 0 Å². The molecule has 12 rings (SSSR count). The van der Waals surface area contributed by atoms with Crippen LogP contribution in [0.3, 0.4) is 0 Å². The number of fused-ring (bicyclic) bond motifs is 4. The molecule has 6 nitrogen and oxygen atoms in total. The Balaban J connectivity index is 1.15. The predicted octanol–water partition coefficient (Wildman–Crippen LogP) is 14.6. The van der Waals surface area contributed by atoms with Crippen LogP contribution in [0.25, 0.3) is 61.0 Å². The minimum atomic E-state index is 0.663. The average Bonchev–Trinajstić information content (AvgIpc) is 3.95. The molecule has 1 aliphatic heterocycles. The molecule has 7 aromatic carbocycles. The molecule has 0 bridgehead atoms. The molecule has 0 fully saturated rings. The molecule has 4 aromatic heterocycles. The van der Waals surface area contributed by atoms with Gasteiger partial charge in [0, 0.05) is 51.9 Å². The Hall–Kier alpha value is -8.87. The number of anilines is 4. The molecule has 6 heteroatoms. The van der Waals surface area contributed by atoms with Crippen molar-refractivity contribution in [2.75, 3.05) is 16.5 Å². The minimum Gasteiger partial charge on any atom is -0.321 e. The highest BCUT2D eigenvalue weighted by atomic mass is 15.4. The van der Waals surface area contributed by atoms with Crippen molar-refractivity contribution in [3.63, 3.8) is 0 Å². The highest BCUT2D eigenvalue weighted by Gasteiger charge is 2.29. The Morgan fingerprint density at radius 3 is 1.58 bits per heavy atom. The Kier molecular flexibility index (Phi) is 9.80. The molecule has 0 N–H and O–H groups in total. The molecule has 0 amide bonds. The van der Waals surface area contributed by atoms with Gasteiger partial charge < -0.3 is 9.80 Å². The first kappa shape index (κ1) is 38.8. The zero-order valence-corrected chi connectivity index (χ0v) is 36.0. The van der Waals surface area contributed by atoms with Crippen LogP contribution in [0.4, 0.5) is 22.7 Å². The van der Waals surface area contributed by atoms with Gasteiger partial charge in [-0.15, -0.1) is 0 Å². The Labute approximate surface area is 383 Å². The summed E-state index contributed by atoms with van der Waals surface area (Å²) < 4.78 is 2.28. The lowest BCUT2D eigenvalue weighted by atomic mass is 9.87. The first-order valence-corrected chi connectivity index (χ1v) is 22.3. The summed E-state index contributed by atoms with van der Waals surface area (Å²) in [7, 11) is 0. The van der Waals surface area contributed by atoms with Crippen LogP contribution >= 0.6 is 0 Å². The van der Waals surface area contributed by atoms with Gasteiger partial charge in [0.1, 0.15) is 12.5 Å². The molecule has 66 heavy (non-hydrogen) atoms.